The number of amides is 2. The van der Waals surface area contributed by atoms with Gasteiger partial charge in [-0.05, 0) is 19.4 Å². The second-order valence-corrected chi connectivity index (χ2v) is 7.36. The van der Waals surface area contributed by atoms with Gasteiger partial charge < -0.3 is 26.3 Å². The number of rotatable bonds is 4. The predicted molar refractivity (Wildman–Crippen MR) is 88.3 cm³/mol. The first-order chi connectivity index (χ1) is 14.6. The van der Waals surface area contributed by atoms with Crippen LogP contribution in [0.4, 0.5) is 0 Å². The Labute approximate surface area is 184 Å². The number of benzene rings is 1. The van der Waals surface area contributed by atoms with Crippen LogP contribution in [-0.4, -0.2) is 38.8 Å². The minimum atomic E-state index is -1.72. The van der Waals surface area contributed by atoms with Crippen LogP contribution in [0, 0.1) is 0 Å². The van der Waals surface area contributed by atoms with Crippen LogP contribution in [0.25, 0.3) is 0 Å². The van der Waals surface area contributed by atoms with E-state index < -0.39 is 76.8 Å². The van der Waals surface area contributed by atoms with Gasteiger partial charge in [0, 0.05) is 6.12 Å². The van der Waals surface area contributed by atoms with Gasteiger partial charge in [-0.2, -0.15) is 0 Å². The predicted octanol–water partition coefficient (Wildman–Crippen LogP) is -3.64. The van der Waals surface area contributed by atoms with Gasteiger partial charge in [0.25, 0.3) is 0 Å². The monoisotopic (exact) mass is 381 g/mol. The molecular formula is C16H20N3NaO4S. The summed E-state index contributed by atoms with van der Waals surface area (Å²) < 4.78 is 58.3. The molecule has 4 unspecified atom stereocenters. The van der Waals surface area contributed by atoms with Crippen LogP contribution in [-0.2, 0) is 14.4 Å². The van der Waals surface area contributed by atoms with Crippen molar-refractivity contribution in [3.05, 3.63) is 35.8 Å². The largest absolute Gasteiger partial charge is 1.00 e. The van der Waals surface area contributed by atoms with Gasteiger partial charge in [-0.1, -0.05) is 30.2 Å². The summed E-state index contributed by atoms with van der Waals surface area (Å²) in [7, 11) is 0. The van der Waals surface area contributed by atoms with E-state index in [-0.39, 0.29) is 40.7 Å². The number of thioether (sulfide) groups is 1. The molecule has 1 aromatic carbocycles. The minimum absolute atomic E-state index is 0. The number of primary amides is 1. The molecule has 0 spiro atoms. The summed E-state index contributed by atoms with van der Waals surface area (Å²) >= 11 is 1.36. The molecule has 2 saturated heterocycles. The Balaban J connectivity index is 0.000000328. The van der Waals surface area contributed by atoms with E-state index in [9.17, 15) is 19.5 Å². The molecule has 0 radical (unpaired) electrons. The quantitative estimate of drug-likeness (QED) is 0.409. The zero-order valence-electron chi connectivity index (χ0n) is 21.8. The summed E-state index contributed by atoms with van der Waals surface area (Å²) in [6.07, 6.45) is -0.802. The third-order valence-corrected chi connectivity index (χ3v) is 4.90. The Morgan fingerprint density at radius 3 is 2.56 bits per heavy atom. The van der Waals surface area contributed by atoms with Gasteiger partial charge in [-0.25, -0.2) is 0 Å². The maximum atomic E-state index is 11.3. The molecule has 2 amide bonds. The van der Waals surface area contributed by atoms with Crippen molar-refractivity contribution in [2.75, 3.05) is 0 Å². The van der Waals surface area contributed by atoms with Gasteiger partial charge in [0.15, 0.2) is 0 Å². The molecule has 2 fully saturated rings. The smallest absolute Gasteiger partial charge is 0.548 e. The molecule has 0 aliphatic carbocycles. The summed E-state index contributed by atoms with van der Waals surface area (Å²) in [6.45, 7) is 3.52. The van der Waals surface area contributed by atoms with Crippen molar-refractivity contribution in [3.8, 4) is 0 Å². The van der Waals surface area contributed by atoms with Gasteiger partial charge >= 0.3 is 29.6 Å². The number of nitrogens with two attached hydrogens (primary N) is 2. The molecule has 4 N–H and O–H groups in total. The average Bonchev–Trinajstić information content (AvgIpc) is 2.96. The summed E-state index contributed by atoms with van der Waals surface area (Å²) in [6, 6.07) is -5.80. The number of fused-ring (bicyclic) bond motifs is 1. The standard InChI is InChI=1S/C8H10N2O.C8H11NO3S.Na/c9-7(8(10)11)6-4-2-1-3-5-6;1-8(2)6(7(11)12)9-4(10)3-5(9)13-8;/h1-5,7H,9H2,(H2,10,11);5-6H,3H2,1-2H3,(H,11,12);/q;;+1/p-1/i1D,2D,3D,4D,5D;3D;/hD2. The molecule has 2 heterocycles. The second-order valence-electron chi connectivity index (χ2n) is 5.59. The van der Waals surface area contributed by atoms with Crippen molar-refractivity contribution >= 4 is 29.5 Å². The Kier molecular flexibility index (Phi) is 4.22. The Hall–Kier alpha value is -1.06. The number of carboxylic acids is 1. The average molecular weight is 381 g/mol. The normalized spacial score (nSPS) is 31.6. The fraction of sp³-hybridized carbons (Fsp3) is 0.438. The van der Waals surface area contributed by atoms with E-state index in [1.165, 1.54) is 16.7 Å². The first-order valence-corrected chi connectivity index (χ1v) is 7.70. The zero-order chi connectivity index (χ0) is 24.9. The van der Waals surface area contributed by atoms with E-state index in [4.69, 9.17) is 16.8 Å². The maximum Gasteiger partial charge on any atom is 1.00 e. The molecule has 0 aromatic heterocycles. The van der Waals surface area contributed by atoms with Crippen LogP contribution in [0.5, 0.6) is 0 Å². The molecule has 25 heavy (non-hydrogen) atoms. The van der Waals surface area contributed by atoms with Crippen molar-refractivity contribution in [1.82, 2.24) is 4.90 Å². The molecular weight excluding hydrogens is 353 g/mol. The molecule has 2 aliphatic heterocycles. The van der Waals surface area contributed by atoms with Crippen LogP contribution < -0.4 is 46.1 Å². The third-order valence-electron chi connectivity index (χ3n) is 3.46. The van der Waals surface area contributed by atoms with Crippen molar-refractivity contribution in [2.24, 2.45) is 11.5 Å². The SMILES string of the molecule is [2H]C1C(=O)N2C1SC(C)(C)C2C(=O)[O-].[2H]c1c([2H])c([2H])c(C(C(N)=O)N([2H])[2H])c([2H])c1[2H].[Na+]. The number of hydrogen-bond donors (Lipinski definition) is 2. The number of β-lactam (4-membered cyclic amide) rings is 1. The number of nitrogens with zero attached hydrogens (tertiary/aromatic N) is 1. The van der Waals surface area contributed by atoms with Crippen molar-refractivity contribution in [2.45, 2.75) is 42.4 Å². The summed E-state index contributed by atoms with van der Waals surface area (Å²) in [5.41, 5.74) is 4.43. The molecule has 4 atom stereocenters. The Morgan fingerprint density at radius 1 is 1.48 bits per heavy atom. The number of carbonyl (C=O) groups is 3. The molecule has 7 nitrogen and oxygen atoms in total. The zero-order valence-corrected chi connectivity index (χ0v) is 16.6. The fourth-order valence-corrected chi connectivity index (χ4v) is 3.83. The van der Waals surface area contributed by atoms with Gasteiger partial charge in [0.05, 0.1) is 30.6 Å². The Bertz CT molecular complexity index is 957. The minimum Gasteiger partial charge on any atom is -0.548 e. The van der Waals surface area contributed by atoms with Crippen molar-refractivity contribution in [3.63, 3.8) is 0 Å². The van der Waals surface area contributed by atoms with Gasteiger partial charge in [0.2, 0.25) is 11.8 Å². The van der Waals surface area contributed by atoms with E-state index in [1.807, 2.05) is 0 Å². The number of aliphatic carboxylic acids is 1. The first kappa shape index (κ1) is 12.3. The summed E-state index contributed by atoms with van der Waals surface area (Å²) in [4.78, 5) is 34.6. The maximum absolute atomic E-state index is 11.3. The summed E-state index contributed by atoms with van der Waals surface area (Å²) in [5, 5.41) is 10.6. The molecule has 1 aromatic rings. The van der Waals surface area contributed by atoms with E-state index in [0.717, 1.165) is 0 Å². The molecule has 2 aliphatic rings. The van der Waals surface area contributed by atoms with Crippen LogP contribution >= 0.6 is 11.8 Å². The van der Waals surface area contributed by atoms with E-state index >= 15 is 0 Å². The van der Waals surface area contributed by atoms with E-state index in [2.05, 4.69) is 0 Å². The van der Waals surface area contributed by atoms with Crippen molar-refractivity contribution in [1.29, 1.82) is 0 Å². The van der Waals surface area contributed by atoms with Crippen LogP contribution in [0.3, 0.4) is 0 Å². The molecule has 0 bridgehead atoms. The molecule has 130 valence electrons. The van der Waals surface area contributed by atoms with E-state index in [0.29, 0.717) is 0 Å². The number of carboxylic acid groups (broad SMARTS) is 1. The number of carbonyl (C=O) groups excluding carboxylic acids is 3. The Morgan fingerprint density at radius 2 is 2.08 bits per heavy atom. The topological polar surface area (TPSA) is 130 Å². The van der Waals surface area contributed by atoms with Crippen LogP contribution in [0.2, 0.25) is 2.82 Å². The second kappa shape index (κ2) is 8.55. The van der Waals surface area contributed by atoms with Gasteiger partial charge in [-0.3, -0.25) is 9.59 Å². The molecule has 0 saturated carbocycles. The van der Waals surface area contributed by atoms with Crippen molar-refractivity contribution < 1.29 is 60.1 Å². The van der Waals surface area contributed by atoms with E-state index in [1.54, 1.807) is 13.8 Å². The third kappa shape index (κ3) is 4.77. The molecule has 9 heteroatoms. The van der Waals surface area contributed by atoms with Gasteiger partial charge in [-0.15, -0.1) is 11.8 Å². The fourth-order valence-electron chi connectivity index (χ4n) is 2.34. The van der Waals surface area contributed by atoms with Gasteiger partial charge in [0.1, 0.15) is 8.87 Å². The molecule has 3 rings (SSSR count). The number of hydrogen-bond acceptors (Lipinski definition) is 6. The summed E-state index contributed by atoms with van der Waals surface area (Å²) in [5.74, 6) is -2.77. The first-order valence-electron chi connectivity index (χ1n) is 10.8. The van der Waals surface area contributed by atoms with Crippen LogP contribution in [0.15, 0.2) is 30.2 Å². The van der Waals surface area contributed by atoms with Crippen LogP contribution in [0.1, 0.15) is 40.1 Å².